The van der Waals surface area contributed by atoms with E-state index in [2.05, 4.69) is 80.8 Å². The number of nitrogens with zero attached hydrogens (tertiary/aromatic N) is 3. The number of aryl methyl sites for hydroxylation is 1. The fraction of sp³-hybridized carbons (Fsp3) is 0.286. The molecule has 2 aliphatic rings. The van der Waals surface area contributed by atoms with Crippen LogP contribution in [0.4, 0.5) is 5.69 Å². The van der Waals surface area contributed by atoms with Crippen molar-refractivity contribution in [2.75, 3.05) is 31.2 Å². The molecule has 1 saturated heterocycles. The van der Waals surface area contributed by atoms with Gasteiger partial charge >= 0.3 is 0 Å². The SMILES string of the molecule is Cc1ccc2[nH]nc(C3=CN(c4ccc(CN5CCNCC5)cc4)NN3)c2c1. The lowest BCUT2D eigenvalue weighted by molar-refractivity contribution is 0.233. The molecule has 5 rings (SSSR count). The number of hydrogen-bond acceptors (Lipinski definition) is 6. The standard InChI is InChI=1S/C21H25N7/c1-15-2-7-19-18(12-15)21(25-23-19)20-14-28(26-24-20)17-5-3-16(4-6-17)13-27-10-8-22-9-11-27/h2-7,12,14,22,24,26H,8-11,13H2,1H3,(H,23,25). The van der Waals surface area contributed by atoms with Gasteiger partial charge in [-0.05, 0) is 36.8 Å². The smallest absolute Gasteiger partial charge is 0.119 e. The number of anilines is 1. The summed E-state index contributed by atoms with van der Waals surface area (Å²) in [5, 5.41) is 14.1. The fourth-order valence-electron chi connectivity index (χ4n) is 3.80. The Bertz CT molecular complexity index is 999. The van der Waals surface area contributed by atoms with Crippen molar-refractivity contribution in [1.82, 2.24) is 31.4 Å². The molecule has 2 aromatic carbocycles. The average Bonchev–Trinajstić information content (AvgIpc) is 3.36. The van der Waals surface area contributed by atoms with Gasteiger partial charge in [0.2, 0.25) is 0 Å². The van der Waals surface area contributed by atoms with E-state index in [0.717, 1.165) is 60.7 Å². The molecule has 3 heterocycles. The lowest BCUT2D eigenvalue weighted by Crippen LogP contribution is -2.42. The summed E-state index contributed by atoms with van der Waals surface area (Å²) in [6.45, 7) is 7.49. The maximum Gasteiger partial charge on any atom is 0.119 e. The third-order valence-corrected chi connectivity index (χ3v) is 5.37. The van der Waals surface area contributed by atoms with E-state index in [9.17, 15) is 0 Å². The highest BCUT2D eigenvalue weighted by Crippen LogP contribution is 2.26. The molecule has 1 aromatic heterocycles. The van der Waals surface area contributed by atoms with Crippen LogP contribution < -0.4 is 21.3 Å². The number of fused-ring (bicyclic) bond motifs is 1. The Morgan fingerprint density at radius 1 is 1.04 bits per heavy atom. The van der Waals surface area contributed by atoms with E-state index in [1.807, 2.05) is 11.2 Å². The third-order valence-electron chi connectivity index (χ3n) is 5.37. The minimum Gasteiger partial charge on any atom is -0.314 e. The molecule has 0 amide bonds. The molecule has 4 N–H and O–H groups in total. The molecule has 7 heteroatoms. The van der Waals surface area contributed by atoms with Gasteiger partial charge in [0.25, 0.3) is 0 Å². The molecule has 0 radical (unpaired) electrons. The number of aromatic nitrogens is 2. The highest BCUT2D eigenvalue weighted by Gasteiger charge is 2.19. The number of hydrazine groups is 2. The molecular weight excluding hydrogens is 350 g/mol. The maximum absolute atomic E-state index is 4.49. The molecule has 28 heavy (non-hydrogen) atoms. The summed E-state index contributed by atoms with van der Waals surface area (Å²) in [4.78, 5) is 2.49. The van der Waals surface area contributed by atoms with E-state index in [1.165, 1.54) is 11.1 Å². The highest BCUT2D eigenvalue weighted by molar-refractivity contribution is 5.91. The number of piperazine rings is 1. The molecule has 3 aromatic rings. The number of nitrogens with one attached hydrogen (secondary N) is 4. The minimum atomic E-state index is 0.920. The van der Waals surface area contributed by atoms with E-state index in [1.54, 1.807) is 0 Å². The Labute approximate surface area is 164 Å². The summed E-state index contributed by atoms with van der Waals surface area (Å²) < 4.78 is 0. The molecule has 0 atom stereocenters. The monoisotopic (exact) mass is 375 g/mol. The number of hydrogen-bond donors (Lipinski definition) is 4. The van der Waals surface area contributed by atoms with Crippen LogP contribution in [0.2, 0.25) is 0 Å². The Morgan fingerprint density at radius 2 is 1.86 bits per heavy atom. The number of benzene rings is 2. The van der Waals surface area contributed by atoms with E-state index in [-0.39, 0.29) is 0 Å². The fourth-order valence-corrected chi connectivity index (χ4v) is 3.80. The molecule has 0 saturated carbocycles. The van der Waals surface area contributed by atoms with Crippen LogP contribution in [-0.4, -0.2) is 41.3 Å². The van der Waals surface area contributed by atoms with Crippen molar-refractivity contribution in [2.24, 2.45) is 0 Å². The number of rotatable bonds is 4. The van der Waals surface area contributed by atoms with Gasteiger partial charge in [0.1, 0.15) is 5.69 Å². The van der Waals surface area contributed by atoms with Crippen LogP contribution in [0.25, 0.3) is 16.6 Å². The Kier molecular flexibility index (Phi) is 4.48. The Hall–Kier alpha value is -2.87. The van der Waals surface area contributed by atoms with Crippen LogP contribution in [0.5, 0.6) is 0 Å². The molecule has 144 valence electrons. The van der Waals surface area contributed by atoms with Crippen LogP contribution >= 0.6 is 0 Å². The first-order valence-corrected chi connectivity index (χ1v) is 9.76. The zero-order valence-electron chi connectivity index (χ0n) is 16.0. The van der Waals surface area contributed by atoms with Gasteiger partial charge in [0, 0.05) is 38.1 Å². The van der Waals surface area contributed by atoms with Crippen LogP contribution in [0.1, 0.15) is 16.8 Å². The van der Waals surface area contributed by atoms with Crippen LogP contribution in [0, 0.1) is 6.92 Å². The van der Waals surface area contributed by atoms with Crippen molar-refractivity contribution in [3.05, 3.63) is 65.5 Å². The first kappa shape index (κ1) is 17.2. The van der Waals surface area contributed by atoms with Gasteiger partial charge in [0.15, 0.2) is 0 Å². The van der Waals surface area contributed by atoms with Gasteiger partial charge in [-0.2, -0.15) is 5.10 Å². The molecule has 0 spiro atoms. The summed E-state index contributed by atoms with van der Waals surface area (Å²) in [5.41, 5.74) is 13.0. The van der Waals surface area contributed by atoms with Gasteiger partial charge in [-0.1, -0.05) is 23.8 Å². The average molecular weight is 375 g/mol. The molecule has 0 aliphatic carbocycles. The summed E-state index contributed by atoms with van der Waals surface area (Å²) in [6.07, 6.45) is 2.04. The molecular formula is C21H25N7. The van der Waals surface area contributed by atoms with Crippen LogP contribution in [-0.2, 0) is 6.54 Å². The van der Waals surface area contributed by atoms with Crippen molar-refractivity contribution in [3.63, 3.8) is 0 Å². The van der Waals surface area contributed by atoms with Gasteiger partial charge in [-0.25, -0.2) is 0 Å². The quantitative estimate of drug-likeness (QED) is 0.560. The zero-order valence-corrected chi connectivity index (χ0v) is 16.0. The molecule has 7 nitrogen and oxygen atoms in total. The minimum absolute atomic E-state index is 0.920. The maximum atomic E-state index is 4.49. The molecule has 0 unspecified atom stereocenters. The lowest BCUT2D eigenvalue weighted by Gasteiger charge is -2.27. The van der Waals surface area contributed by atoms with E-state index in [0.29, 0.717) is 0 Å². The number of H-pyrrole nitrogens is 1. The predicted octanol–water partition coefficient (Wildman–Crippen LogP) is 2.10. The summed E-state index contributed by atoms with van der Waals surface area (Å²) in [6, 6.07) is 15.0. The second kappa shape index (κ2) is 7.27. The number of aromatic amines is 1. The van der Waals surface area contributed by atoms with Crippen molar-refractivity contribution in [2.45, 2.75) is 13.5 Å². The summed E-state index contributed by atoms with van der Waals surface area (Å²) in [5.74, 6) is 0. The lowest BCUT2D eigenvalue weighted by atomic mass is 10.1. The van der Waals surface area contributed by atoms with E-state index >= 15 is 0 Å². The Morgan fingerprint density at radius 3 is 2.68 bits per heavy atom. The largest absolute Gasteiger partial charge is 0.314 e. The van der Waals surface area contributed by atoms with Crippen molar-refractivity contribution < 1.29 is 0 Å². The van der Waals surface area contributed by atoms with Crippen molar-refractivity contribution >= 4 is 22.3 Å². The third kappa shape index (κ3) is 3.35. The topological polar surface area (TPSA) is 71.2 Å². The first-order valence-electron chi connectivity index (χ1n) is 9.76. The van der Waals surface area contributed by atoms with Crippen molar-refractivity contribution in [1.29, 1.82) is 0 Å². The molecule has 1 fully saturated rings. The normalized spacial score (nSPS) is 17.8. The van der Waals surface area contributed by atoms with Crippen LogP contribution in [0.15, 0.2) is 48.7 Å². The second-order valence-corrected chi connectivity index (χ2v) is 7.46. The van der Waals surface area contributed by atoms with E-state index in [4.69, 9.17) is 0 Å². The summed E-state index contributed by atoms with van der Waals surface area (Å²) in [7, 11) is 0. The Balaban J connectivity index is 1.33. The summed E-state index contributed by atoms with van der Waals surface area (Å²) >= 11 is 0. The predicted molar refractivity (Wildman–Crippen MR) is 112 cm³/mol. The first-order chi connectivity index (χ1) is 13.8. The van der Waals surface area contributed by atoms with Gasteiger partial charge in [-0.15, -0.1) is 5.53 Å². The second-order valence-electron chi connectivity index (χ2n) is 7.46. The highest BCUT2D eigenvalue weighted by atomic mass is 15.7. The van der Waals surface area contributed by atoms with Crippen molar-refractivity contribution in [3.8, 4) is 0 Å². The van der Waals surface area contributed by atoms with Gasteiger partial charge < -0.3 is 5.32 Å². The molecule has 0 bridgehead atoms. The van der Waals surface area contributed by atoms with Gasteiger partial charge in [-0.3, -0.25) is 20.4 Å². The zero-order chi connectivity index (χ0) is 18.9. The van der Waals surface area contributed by atoms with Gasteiger partial charge in [0.05, 0.1) is 23.1 Å². The van der Waals surface area contributed by atoms with E-state index < -0.39 is 0 Å². The molecule has 2 aliphatic heterocycles. The van der Waals surface area contributed by atoms with Crippen LogP contribution in [0.3, 0.4) is 0 Å².